The zero-order valence-electron chi connectivity index (χ0n) is 15.9. The number of nitrogens with one attached hydrogen (secondary N) is 1. The number of aryl methyl sites for hydroxylation is 1. The molecule has 2 aromatic rings. The highest BCUT2D eigenvalue weighted by atomic mass is 35.5. The Labute approximate surface area is 167 Å². The maximum atomic E-state index is 12.6. The van der Waals surface area contributed by atoms with Gasteiger partial charge in [-0.25, -0.2) is 0 Å². The van der Waals surface area contributed by atoms with Crippen LogP contribution in [-0.2, 0) is 16.0 Å². The minimum Gasteiger partial charge on any atom is -0.312 e. The van der Waals surface area contributed by atoms with Gasteiger partial charge in [0, 0.05) is 30.1 Å². The smallest absolute Gasteiger partial charge is 0.231 e. The fourth-order valence-corrected chi connectivity index (χ4v) is 4.14. The van der Waals surface area contributed by atoms with Gasteiger partial charge in [-0.1, -0.05) is 49.8 Å². The first-order chi connectivity index (χ1) is 12.6. The molecule has 1 saturated heterocycles. The summed E-state index contributed by atoms with van der Waals surface area (Å²) in [5, 5.41) is 13.0. The van der Waals surface area contributed by atoms with Crippen molar-refractivity contribution in [3.8, 4) is 0 Å². The quantitative estimate of drug-likeness (QED) is 0.830. The molecule has 0 saturated carbocycles. The zero-order valence-corrected chi connectivity index (χ0v) is 17.4. The third-order valence-electron chi connectivity index (χ3n) is 4.34. The number of hydrogen-bond donors (Lipinski definition) is 1. The topological polar surface area (TPSA) is 75.2 Å². The van der Waals surface area contributed by atoms with Crippen molar-refractivity contribution in [1.82, 2.24) is 10.2 Å². The first-order valence-corrected chi connectivity index (χ1v) is 10.0. The third kappa shape index (κ3) is 4.84. The SMILES string of the molecule is Cc1ccc(N2C[C@@H](C(=O)Nc3nnc(CC(C)(C)C)s3)CC2=O)cc1Cl. The van der Waals surface area contributed by atoms with Crippen molar-refractivity contribution in [3.05, 3.63) is 33.8 Å². The first kappa shape index (κ1) is 19.8. The van der Waals surface area contributed by atoms with Gasteiger partial charge in [0.1, 0.15) is 5.01 Å². The Kier molecular flexibility index (Phi) is 5.53. The summed E-state index contributed by atoms with van der Waals surface area (Å²) >= 11 is 7.54. The highest BCUT2D eigenvalue weighted by Gasteiger charge is 2.35. The Bertz CT molecular complexity index is 875. The van der Waals surface area contributed by atoms with Crippen LogP contribution in [0, 0.1) is 18.3 Å². The standard InChI is InChI=1S/C19H23ClN4O2S/c1-11-5-6-13(8-14(11)20)24-10-12(7-16(24)25)17(26)21-18-23-22-15(27-18)9-19(2,3)4/h5-6,8,12H,7,9-10H2,1-4H3,(H,21,23,26)/t12-/m0/s1. The molecule has 1 aliphatic rings. The predicted molar refractivity (Wildman–Crippen MR) is 108 cm³/mol. The fraction of sp³-hybridized carbons (Fsp3) is 0.474. The summed E-state index contributed by atoms with van der Waals surface area (Å²) in [6.45, 7) is 8.62. The second-order valence-corrected chi connectivity index (χ2v) is 9.54. The van der Waals surface area contributed by atoms with E-state index < -0.39 is 5.92 Å². The highest BCUT2D eigenvalue weighted by Crippen LogP contribution is 2.30. The molecule has 0 spiro atoms. The number of hydrogen-bond acceptors (Lipinski definition) is 5. The maximum Gasteiger partial charge on any atom is 0.231 e. The lowest BCUT2D eigenvalue weighted by Gasteiger charge is -2.17. The van der Waals surface area contributed by atoms with Gasteiger partial charge in [-0.05, 0) is 30.0 Å². The summed E-state index contributed by atoms with van der Waals surface area (Å²) in [5.74, 6) is -0.712. The molecule has 2 heterocycles. The Hall–Kier alpha value is -1.99. The molecule has 0 unspecified atom stereocenters. The molecule has 1 N–H and O–H groups in total. The zero-order chi connectivity index (χ0) is 19.8. The molecular weight excluding hydrogens is 384 g/mol. The number of nitrogens with zero attached hydrogens (tertiary/aromatic N) is 3. The molecule has 1 fully saturated rings. The Morgan fingerprint density at radius 1 is 1.37 bits per heavy atom. The number of carbonyl (C=O) groups excluding carboxylic acids is 2. The van der Waals surface area contributed by atoms with Crippen LogP contribution in [0.1, 0.15) is 37.8 Å². The number of carbonyl (C=O) groups is 2. The number of benzene rings is 1. The predicted octanol–water partition coefficient (Wildman–Crippen LogP) is 4.08. The Balaban J connectivity index is 1.64. The van der Waals surface area contributed by atoms with Crippen molar-refractivity contribution in [3.63, 3.8) is 0 Å². The van der Waals surface area contributed by atoms with Crippen molar-refractivity contribution in [2.45, 2.75) is 40.5 Å². The van der Waals surface area contributed by atoms with Crippen molar-refractivity contribution >= 4 is 45.6 Å². The van der Waals surface area contributed by atoms with E-state index in [-0.39, 0.29) is 23.7 Å². The molecule has 0 aliphatic carbocycles. The van der Waals surface area contributed by atoms with Crippen LogP contribution >= 0.6 is 22.9 Å². The summed E-state index contributed by atoms with van der Waals surface area (Å²) in [6, 6.07) is 5.48. The normalized spacial score (nSPS) is 17.4. The number of halogens is 1. The van der Waals surface area contributed by atoms with Gasteiger partial charge in [0.15, 0.2) is 0 Å². The molecule has 1 aliphatic heterocycles. The van der Waals surface area contributed by atoms with E-state index in [9.17, 15) is 9.59 Å². The van der Waals surface area contributed by atoms with Crippen LogP contribution in [-0.4, -0.2) is 28.6 Å². The van der Waals surface area contributed by atoms with E-state index in [4.69, 9.17) is 11.6 Å². The Morgan fingerprint density at radius 3 is 2.78 bits per heavy atom. The van der Waals surface area contributed by atoms with Crippen LogP contribution in [0.15, 0.2) is 18.2 Å². The molecule has 2 amide bonds. The second kappa shape index (κ2) is 7.56. The lowest BCUT2D eigenvalue weighted by molar-refractivity contribution is -0.122. The summed E-state index contributed by atoms with van der Waals surface area (Å²) in [5.41, 5.74) is 1.77. The van der Waals surface area contributed by atoms with Crippen LogP contribution in [0.3, 0.4) is 0 Å². The van der Waals surface area contributed by atoms with Gasteiger partial charge in [-0.2, -0.15) is 0 Å². The summed E-state index contributed by atoms with van der Waals surface area (Å²) < 4.78 is 0. The minimum atomic E-state index is -0.424. The summed E-state index contributed by atoms with van der Waals surface area (Å²) in [4.78, 5) is 26.6. The first-order valence-electron chi connectivity index (χ1n) is 8.82. The third-order valence-corrected chi connectivity index (χ3v) is 5.59. The molecular formula is C19H23ClN4O2S. The van der Waals surface area contributed by atoms with Crippen LogP contribution in [0.25, 0.3) is 0 Å². The highest BCUT2D eigenvalue weighted by molar-refractivity contribution is 7.15. The molecule has 1 aromatic carbocycles. The number of rotatable bonds is 4. The largest absolute Gasteiger partial charge is 0.312 e. The van der Waals surface area contributed by atoms with Gasteiger partial charge in [-0.15, -0.1) is 10.2 Å². The number of amides is 2. The van der Waals surface area contributed by atoms with Crippen LogP contribution in [0.5, 0.6) is 0 Å². The van der Waals surface area contributed by atoms with Crippen LogP contribution in [0.4, 0.5) is 10.8 Å². The van der Waals surface area contributed by atoms with E-state index >= 15 is 0 Å². The molecule has 3 rings (SSSR count). The molecule has 1 atom stereocenters. The van der Waals surface area contributed by atoms with Gasteiger partial charge >= 0.3 is 0 Å². The summed E-state index contributed by atoms with van der Waals surface area (Å²) in [6.07, 6.45) is 0.968. The fourth-order valence-electron chi connectivity index (χ4n) is 2.92. The lowest BCUT2D eigenvalue weighted by Crippen LogP contribution is -2.28. The van der Waals surface area contributed by atoms with E-state index in [1.54, 1.807) is 11.0 Å². The van der Waals surface area contributed by atoms with Crippen LogP contribution < -0.4 is 10.2 Å². The van der Waals surface area contributed by atoms with Gasteiger partial charge in [0.05, 0.1) is 5.92 Å². The van der Waals surface area contributed by atoms with Gasteiger partial charge in [0.25, 0.3) is 0 Å². The van der Waals surface area contributed by atoms with Crippen LogP contribution in [0.2, 0.25) is 5.02 Å². The average molecular weight is 407 g/mol. The van der Waals surface area contributed by atoms with Gasteiger partial charge < -0.3 is 10.2 Å². The van der Waals surface area contributed by atoms with E-state index in [1.807, 2.05) is 19.1 Å². The minimum absolute atomic E-state index is 0.0826. The van der Waals surface area contributed by atoms with E-state index in [2.05, 4.69) is 36.3 Å². The second-order valence-electron chi connectivity index (χ2n) is 8.07. The lowest BCUT2D eigenvalue weighted by atomic mass is 9.93. The molecule has 6 nitrogen and oxygen atoms in total. The molecule has 0 radical (unpaired) electrons. The molecule has 27 heavy (non-hydrogen) atoms. The van der Waals surface area contributed by atoms with E-state index in [0.29, 0.717) is 22.4 Å². The van der Waals surface area contributed by atoms with Crippen molar-refractivity contribution < 1.29 is 9.59 Å². The van der Waals surface area contributed by atoms with E-state index in [1.165, 1.54) is 11.3 Å². The monoisotopic (exact) mass is 406 g/mol. The Morgan fingerprint density at radius 2 is 2.11 bits per heavy atom. The summed E-state index contributed by atoms with van der Waals surface area (Å²) in [7, 11) is 0. The molecule has 144 valence electrons. The van der Waals surface area contributed by atoms with Crippen molar-refractivity contribution in [2.24, 2.45) is 11.3 Å². The maximum absolute atomic E-state index is 12.6. The average Bonchev–Trinajstić information content (AvgIpc) is 3.15. The number of anilines is 2. The number of aromatic nitrogens is 2. The van der Waals surface area contributed by atoms with E-state index in [0.717, 1.165) is 17.0 Å². The van der Waals surface area contributed by atoms with Gasteiger partial charge in [0.2, 0.25) is 16.9 Å². The van der Waals surface area contributed by atoms with Crippen molar-refractivity contribution in [2.75, 3.05) is 16.8 Å². The van der Waals surface area contributed by atoms with Gasteiger partial charge in [-0.3, -0.25) is 9.59 Å². The molecule has 0 bridgehead atoms. The van der Waals surface area contributed by atoms with Crippen molar-refractivity contribution in [1.29, 1.82) is 0 Å². The molecule has 8 heteroatoms. The molecule has 1 aromatic heterocycles.